The summed E-state index contributed by atoms with van der Waals surface area (Å²) in [5.41, 5.74) is 2.40. The lowest BCUT2D eigenvalue weighted by atomic mass is 10.2. The second-order valence-electron chi connectivity index (χ2n) is 7.00. The summed E-state index contributed by atoms with van der Waals surface area (Å²) < 4.78 is 11.3. The van der Waals surface area contributed by atoms with Gasteiger partial charge in [0.1, 0.15) is 0 Å². The summed E-state index contributed by atoms with van der Waals surface area (Å²) in [7, 11) is 1.61. The molecule has 3 rings (SSSR count). The lowest BCUT2D eigenvalue weighted by Crippen LogP contribution is -2.51. The molecule has 2 aromatic rings. The number of carbonyl (C=O) groups excluding carboxylic acids is 1. The fourth-order valence-corrected chi connectivity index (χ4v) is 3.34. The first-order chi connectivity index (χ1) is 13.1. The molecule has 1 aliphatic heterocycles. The van der Waals surface area contributed by atoms with E-state index < -0.39 is 6.10 Å². The van der Waals surface area contributed by atoms with Gasteiger partial charge in [0.05, 0.1) is 7.11 Å². The molecule has 1 saturated heterocycles. The first-order valence-corrected chi connectivity index (χ1v) is 9.43. The Kier molecular flexibility index (Phi) is 6.35. The van der Waals surface area contributed by atoms with Gasteiger partial charge in [0.15, 0.2) is 17.6 Å². The van der Waals surface area contributed by atoms with E-state index in [0.717, 1.165) is 38.3 Å². The Morgan fingerprint density at radius 2 is 1.74 bits per heavy atom. The van der Waals surface area contributed by atoms with Gasteiger partial charge in [0, 0.05) is 32.7 Å². The molecule has 0 saturated carbocycles. The highest BCUT2D eigenvalue weighted by Gasteiger charge is 2.26. The molecule has 1 amide bonds. The zero-order valence-electron chi connectivity index (χ0n) is 16.4. The molecule has 0 spiro atoms. The predicted octanol–water partition coefficient (Wildman–Crippen LogP) is 3.12. The van der Waals surface area contributed by atoms with Gasteiger partial charge in [-0.05, 0) is 37.1 Å². The summed E-state index contributed by atoms with van der Waals surface area (Å²) in [5.74, 6) is 1.28. The van der Waals surface area contributed by atoms with Gasteiger partial charge in [-0.25, -0.2) is 0 Å². The average Bonchev–Trinajstić information content (AvgIpc) is 2.70. The smallest absolute Gasteiger partial charge is 0.263 e. The maximum atomic E-state index is 12.8. The van der Waals surface area contributed by atoms with Crippen LogP contribution < -0.4 is 9.47 Å². The van der Waals surface area contributed by atoms with Crippen molar-refractivity contribution in [2.24, 2.45) is 0 Å². The molecule has 0 N–H and O–H groups in total. The van der Waals surface area contributed by atoms with E-state index in [0.29, 0.717) is 11.5 Å². The standard InChI is InChI=1S/C22H28N2O3/c1-17-9-10-20(21(15-17)26-3)27-18(2)22(25)24-13-11-23(12-14-24)16-19-7-5-4-6-8-19/h4-10,15,18H,11-14,16H2,1-3H3/t18-/m0/s1. The van der Waals surface area contributed by atoms with Crippen LogP contribution in [-0.2, 0) is 11.3 Å². The summed E-state index contributed by atoms with van der Waals surface area (Å²) in [5, 5.41) is 0. The van der Waals surface area contributed by atoms with Crippen LogP contribution in [0.25, 0.3) is 0 Å². The molecule has 5 nitrogen and oxygen atoms in total. The van der Waals surface area contributed by atoms with Crippen LogP contribution in [0.5, 0.6) is 11.5 Å². The number of methoxy groups -OCH3 is 1. The van der Waals surface area contributed by atoms with E-state index in [4.69, 9.17) is 9.47 Å². The minimum atomic E-state index is -0.540. The number of benzene rings is 2. The van der Waals surface area contributed by atoms with Gasteiger partial charge in [-0.1, -0.05) is 36.4 Å². The van der Waals surface area contributed by atoms with Crippen LogP contribution in [0.3, 0.4) is 0 Å². The summed E-state index contributed by atoms with van der Waals surface area (Å²) >= 11 is 0. The van der Waals surface area contributed by atoms with Crippen molar-refractivity contribution in [3.05, 3.63) is 59.7 Å². The van der Waals surface area contributed by atoms with E-state index in [1.165, 1.54) is 5.56 Å². The van der Waals surface area contributed by atoms with Crippen molar-refractivity contribution in [3.63, 3.8) is 0 Å². The van der Waals surface area contributed by atoms with Gasteiger partial charge < -0.3 is 14.4 Å². The van der Waals surface area contributed by atoms with Gasteiger partial charge >= 0.3 is 0 Å². The third-order valence-corrected chi connectivity index (χ3v) is 4.90. The van der Waals surface area contributed by atoms with Crippen molar-refractivity contribution in [1.82, 2.24) is 9.80 Å². The lowest BCUT2D eigenvalue weighted by molar-refractivity contribution is -0.139. The van der Waals surface area contributed by atoms with E-state index in [1.54, 1.807) is 14.0 Å². The maximum absolute atomic E-state index is 12.8. The molecule has 144 valence electrons. The number of ether oxygens (including phenoxy) is 2. The maximum Gasteiger partial charge on any atom is 0.263 e. The normalized spacial score (nSPS) is 16.0. The van der Waals surface area contributed by atoms with Crippen LogP contribution in [0.1, 0.15) is 18.1 Å². The largest absolute Gasteiger partial charge is 0.493 e. The second-order valence-corrected chi connectivity index (χ2v) is 7.00. The van der Waals surface area contributed by atoms with E-state index in [9.17, 15) is 4.79 Å². The highest BCUT2D eigenvalue weighted by molar-refractivity contribution is 5.81. The van der Waals surface area contributed by atoms with Crippen LogP contribution in [0.4, 0.5) is 0 Å². The molecule has 0 bridgehead atoms. The Balaban J connectivity index is 1.53. The highest BCUT2D eigenvalue weighted by atomic mass is 16.5. The second kappa shape index (κ2) is 8.91. The quantitative estimate of drug-likeness (QED) is 0.786. The van der Waals surface area contributed by atoms with Gasteiger partial charge in [0.2, 0.25) is 0 Å². The summed E-state index contributed by atoms with van der Waals surface area (Å²) in [6.45, 7) is 7.93. The van der Waals surface area contributed by atoms with E-state index in [-0.39, 0.29) is 5.91 Å². The number of hydrogen-bond donors (Lipinski definition) is 0. The third-order valence-electron chi connectivity index (χ3n) is 4.90. The van der Waals surface area contributed by atoms with Crippen molar-refractivity contribution in [1.29, 1.82) is 0 Å². The number of amides is 1. The van der Waals surface area contributed by atoms with Crippen molar-refractivity contribution >= 4 is 5.91 Å². The van der Waals surface area contributed by atoms with E-state index in [1.807, 2.05) is 36.1 Å². The highest BCUT2D eigenvalue weighted by Crippen LogP contribution is 2.29. The fraction of sp³-hybridized carbons (Fsp3) is 0.409. The topological polar surface area (TPSA) is 42.0 Å². The molecule has 0 unspecified atom stereocenters. The summed E-state index contributed by atoms with van der Waals surface area (Å²) in [6.07, 6.45) is -0.540. The van der Waals surface area contributed by atoms with Crippen molar-refractivity contribution in [2.75, 3.05) is 33.3 Å². The van der Waals surface area contributed by atoms with Crippen molar-refractivity contribution in [2.45, 2.75) is 26.5 Å². The molecule has 0 aliphatic carbocycles. The zero-order valence-corrected chi connectivity index (χ0v) is 16.4. The van der Waals surface area contributed by atoms with Gasteiger partial charge in [-0.2, -0.15) is 0 Å². The van der Waals surface area contributed by atoms with Crippen LogP contribution >= 0.6 is 0 Å². The minimum absolute atomic E-state index is 0.0250. The number of carbonyl (C=O) groups is 1. The predicted molar refractivity (Wildman–Crippen MR) is 106 cm³/mol. The van der Waals surface area contributed by atoms with E-state index >= 15 is 0 Å². The monoisotopic (exact) mass is 368 g/mol. The Bertz CT molecular complexity index is 755. The molecule has 5 heteroatoms. The van der Waals surface area contributed by atoms with Crippen molar-refractivity contribution in [3.8, 4) is 11.5 Å². The first-order valence-electron chi connectivity index (χ1n) is 9.43. The molecule has 2 aromatic carbocycles. The molecular formula is C22H28N2O3. The number of aryl methyl sites for hydroxylation is 1. The molecule has 0 aromatic heterocycles. The Morgan fingerprint density at radius 1 is 1.04 bits per heavy atom. The molecule has 0 radical (unpaired) electrons. The molecular weight excluding hydrogens is 340 g/mol. The Morgan fingerprint density at radius 3 is 2.41 bits per heavy atom. The SMILES string of the molecule is COc1cc(C)ccc1O[C@@H](C)C(=O)N1CCN(Cc2ccccc2)CC1. The zero-order chi connectivity index (χ0) is 19.2. The average molecular weight is 368 g/mol. The van der Waals surface area contributed by atoms with Gasteiger partial charge in [-0.15, -0.1) is 0 Å². The molecule has 1 heterocycles. The van der Waals surface area contributed by atoms with Crippen LogP contribution in [0.2, 0.25) is 0 Å². The van der Waals surface area contributed by atoms with Crippen molar-refractivity contribution < 1.29 is 14.3 Å². The van der Waals surface area contributed by atoms with Crippen LogP contribution in [0.15, 0.2) is 48.5 Å². The molecule has 1 fully saturated rings. The van der Waals surface area contributed by atoms with Gasteiger partial charge in [0.25, 0.3) is 5.91 Å². The molecule has 1 atom stereocenters. The third kappa shape index (κ3) is 5.01. The van der Waals surface area contributed by atoms with E-state index in [2.05, 4.69) is 29.2 Å². The first kappa shape index (κ1) is 19.2. The molecule has 1 aliphatic rings. The number of hydrogen-bond acceptors (Lipinski definition) is 4. The Hall–Kier alpha value is -2.53. The number of rotatable bonds is 6. The van der Waals surface area contributed by atoms with Crippen LogP contribution in [0, 0.1) is 6.92 Å². The van der Waals surface area contributed by atoms with Crippen LogP contribution in [-0.4, -0.2) is 55.1 Å². The number of nitrogens with zero attached hydrogens (tertiary/aromatic N) is 2. The number of piperazine rings is 1. The summed E-state index contributed by atoms with van der Waals surface area (Å²) in [6, 6.07) is 16.2. The minimum Gasteiger partial charge on any atom is -0.493 e. The Labute approximate surface area is 161 Å². The van der Waals surface area contributed by atoms with Gasteiger partial charge in [-0.3, -0.25) is 9.69 Å². The summed E-state index contributed by atoms with van der Waals surface area (Å²) in [4.78, 5) is 17.1. The molecule has 27 heavy (non-hydrogen) atoms. The lowest BCUT2D eigenvalue weighted by Gasteiger charge is -2.36. The fourth-order valence-electron chi connectivity index (χ4n) is 3.34.